The van der Waals surface area contributed by atoms with E-state index >= 15 is 0 Å². The lowest BCUT2D eigenvalue weighted by atomic mass is 9.74. The number of carbonyl (C=O) groups is 1. The van der Waals surface area contributed by atoms with Crippen LogP contribution in [0.15, 0.2) is 12.3 Å². The van der Waals surface area contributed by atoms with Gasteiger partial charge in [0.15, 0.2) is 11.6 Å². The van der Waals surface area contributed by atoms with Gasteiger partial charge in [-0.3, -0.25) is 4.79 Å². The molecule has 2 rings (SSSR count). The number of anilines is 1. The van der Waals surface area contributed by atoms with Crippen LogP contribution in [0.25, 0.3) is 0 Å². The number of nitrogens with zero attached hydrogens (tertiary/aromatic N) is 1. The van der Waals surface area contributed by atoms with Crippen LogP contribution in [0.4, 0.5) is 10.2 Å². The number of hydrogen-bond acceptors (Lipinski definition) is 4. The zero-order chi connectivity index (χ0) is 13.2. The summed E-state index contributed by atoms with van der Waals surface area (Å²) in [5, 5.41) is 2.91. The van der Waals surface area contributed by atoms with Crippen molar-refractivity contribution >= 4 is 11.7 Å². The number of amides is 1. The van der Waals surface area contributed by atoms with Gasteiger partial charge in [-0.1, -0.05) is 6.92 Å². The number of nitrogens with two attached hydrogens (primary N) is 1. The molecule has 1 heterocycles. The number of nitrogen functional groups attached to an aromatic ring is 1. The van der Waals surface area contributed by atoms with Crippen molar-refractivity contribution in [1.29, 1.82) is 0 Å². The Bertz CT molecular complexity index is 454. The minimum absolute atomic E-state index is 0.0299. The summed E-state index contributed by atoms with van der Waals surface area (Å²) in [6, 6.07) is 1.35. The zero-order valence-corrected chi connectivity index (χ0v) is 10.3. The van der Waals surface area contributed by atoms with E-state index in [1.54, 1.807) is 0 Å². The average Bonchev–Trinajstić information content (AvgIpc) is 2.34. The first-order chi connectivity index (χ1) is 8.62. The number of aromatic nitrogens is 1. The smallest absolute Gasteiger partial charge is 0.254 e. The van der Waals surface area contributed by atoms with Crippen LogP contribution in [0.2, 0.25) is 0 Å². The van der Waals surface area contributed by atoms with Gasteiger partial charge in [-0.25, -0.2) is 15.2 Å². The fourth-order valence-corrected chi connectivity index (χ4v) is 2.20. The van der Waals surface area contributed by atoms with Crippen LogP contribution in [0.3, 0.4) is 0 Å². The Morgan fingerprint density at radius 2 is 2.33 bits per heavy atom. The molecular weight excluding hydrogens is 235 g/mol. The van der Waals surface area contributed by atoms with E-state index in [9.17, 15) is 9.18 Å². The van der Waals surface area contributed by atoms with Crippen LogP contribution in [-0.2, 0) is 0 Å². The van der Waals surface area contributed by atoms with E-state index in [-0.39, 0.29) is 16.9 Å². The number of hydrogen-bond donors (Lipinski definition) is 3. The molecule has 1 aliphatic carbocycles. The molecule has 1 saturated carbocycles. The Kier molecular flexibility index (Phi) is 3.47. The summed E-state index contributed by atoms with van der Waals surface area (Å²) in [5.41, 5.74) is 1.94. The van der Waals surface area contributed by atoms with Crippen LogP contribution in [0, 0.1) is 5.82 Å². The van der Waals surface area contributed by atoms with E-state index in [0.717, 1.165) is 25.7 Å². The summed E-state index contributed by atoms with van der Waals surface area (Å²) in [5.74, 6) is 3.87. The molecule has 0 radical (unpaired) electrons. The van der Waals surface area contributed by atoms with Crippen LogP contribution >= 0.6 is 0 Å². The van der Waals surface area contributed by atoms with Crippen LogP contribution < -0.4 is 16.6 Å². The Balaban J connectivity index is 2.19. The minimum atomic E-state index is -0.719. The Hall–Kier alpha value is -1.69. The molecule has 0 bridgehead atoms. The highest BCUT2D eigenvalue weighted by molar-refractivity contribution is 5.95. The van der Waals surface area contributed by atoms with Crippen LogP contribution in [0.5, 0.6) is 0 Å². The lowest BCUT2D eigenvalue weighted by Crippen LogP contribution is -2.53. The predicted molar refractivity (Wildman–Crippen MR) is 66.3 cm³/mol. The third-order valence-corrected chi connectivity index (χ3v) is 3.64. The van der Waals surface area contributed by atoms with E-state index in [1.165, 1.54) is 12.3 Å². The molecule has 1 fully saturated rings. The maximum absolute atomic E-state index is 13.9. The highest BCUT2D eigenvalue weighted by Crippen LogP contribution is 2.35. The second-order valence-electron chi connectivity index (χ2n) is 4.61. The lowest BCUT2D eigenvalue weighted by molar-refractivity contribution is 0.0816. The number of rotatable bonds is 4. The minimum Gasteiger partial charge on any atom is -0.347 e. The Morgan fingerprint density at radius 1 is 1.61 bits per heavy atom. The van der Waals surface area contributed by atoms with Crippen molar-refractivity contribution in [3.8, 4) is 0 Å². The van der Waals surface area contributed by atoms with Gasteiger partial charge in [0.1, 0.15) is 0 Å². The second-order valence-corrected chi connectivity index (χ2v) is 4.61. The molecule has 1 aromatic heterocycles. The van der Waals surface area contributed by atoms with E-state index in [1.807, 2.05) is 6.92 Å². The van der Waals surface area contributed by atoms with Crippen molar-refractivity contribution in [2.45, 2.75) is 38.1 Å². The van der Waals surface area contributed by atoms with Gasteiger partial charge >= 0.3 is 0 Å². The van der Waals surface area contributed by atoms with Crippen molar-refractivity contribution < 1.29 is 9.18 Å². The summed E-state index contributed by atoms with van der Waals surface area (Å²) in [6.45, 7) is 2.02. The molecule has 0 spiro atoms. The molecule has 18 heavy (non-hydrogen) atoms. The van der Waals surface area contributed by atoms with E-state index < -0.39 is 11.7 Å². The van der Waals surface area contributed by atoms with Gasteiger partial charge in [0.2, 0.25) is 0 Å². The molecule has 0 aromatic carbocycles. The van der Waals surface area contributed by atoms with Gasteiger partial charge in [-0.15, -0.1) is 0 Å². The topological polar surface area (TPSA) is 80.0 Å². The first kappa shape index (κ1) is 12.8. The molecular formula is C12H17FN4O. The second kappa shape index (κ2) is 4.89. The third-order valence-electron chi connectivity index (χ3n) is 3.64. The lowest BCUT2D eigenvalue weighted by Gasteiger charge is -2.42. The first-order valence-corrected chi connectivity index (χ1v) is 6.05. The summed E-state index contributed by atoms with van der Waals surface area (Å²) in [7, 11) is 0. The molecule has 4 N–H and O–H groups in total. The largest absolute Gasteiger partial charge is 0.347 e. The van der Waals surface area contributed by atoms with Crippen LogP contribution in [0.1, 0.15) is 43.0 Å². The molecule has 1 amide bonds. The van der Waals surface area contributed by atoms with Gasteiger partial charge in [-0.2, -0.15) is 0 Å². The monoisotopic (exact) mass is 252 g/mol. The zero-order valence-electron chi connectivity index (χ0n) is 10.3. The molecule has 1 aromatic rings. The average molecular weight is 252 g/mol. The fraction of sp³-hybridized carbons (Fsp3) is 0.500. The van der Waals surface area contributed by atoms with E-state index in [2.05, 4.69) is 15.7 Å². The van der Waals surface area contributed by atoms with Gasteiger partial charge < -0.3 is 10.7 Å². The molecule has 0 aliphatic heterocycles. The molecule has 0 unspecified atom stereocenters. The van der Waals surface area contributed by atoms with E-state index in [0.29, 0.717) is 0 Å². The van der Waals surface area contributed by atoms with E-state index in [4.69, 9.17) is 5.84 Å². The summed E-state index contributed by atoms with van der Waals surface area (Å²) in [6.07, 6.45) is 5.20. The van der Waals surface area contributed by atoms with Gasteiger partial charge in [0, 0.05) is 11.7 Å². The van der Waals surface area contributed by atoms with Crippen molar-refractivity contribution in [3.05, 3.63) is 23.6 Å². The number of hydrazine groups is 1. The third kappa shape index (κ3) is 2.15. The Morgan fingerprint density at radius 3 is 2.83 bits per heavy atom. The highest BCUT2D eigenvalue weighted by Gasteiger charge is 2.37. The molecule has 1 aliphatic rings. The fourth-order valence-electron chi connectivity index (χ4n) is 2.20. The number of nitrogens with one attached hydrogen (secondary N) is 2. The number of halogens is 1. The summed E-state index contributed by atoms with van der Waals surface area (Å²) in [4.78, 5) is 15.8. The number of pyridine rings is 1. The number of carbonyl (C=O) groups excluding carboxylic acids is 1. The molecule has 0 saturated heterocycles. The SMILES string of the molecule is CCC1(NC(=O)c2ccnc(NN)c2F)CCC1. The molecule has 98 valence electrons. The summed E-state index contributed by atoms with van der Waals surface area (Å²) < 4.78 is 13.9. The molecule has 5 nitrogen and oxygen atoms in total. The van der Waals surface area contributed by atoms with Crippen molar-refractivity contribution in [1.82, 2.24) is 10.3 Å². The molecule has 6 heteroatoms. The highest BCUT2D eigenvalue weighted by atomic mass is 19.1. The summed E-state index contributed by atoms with van der Waals surface area (Å²) >= 11 is 0. The van der Waals surface area contributed by atoms with Gasteiger partial charge in [-0.05, 0) is 31.7 Å². The molecule has 0 atom stereocenters. The first-order valence-electron chi connectivity index (χ1n) is 6.05. The van der Waals surface area contributed by atoms with Crippen molar-refractivity contribution in [2.24, 2.45) is 5.84 Å². The Labute approximate surface area is 105 Å². The van der Waals surface area contributed by atoms with Crippen molar-refractivity contribution in [2.75, 3.05) is 5.43 Å². The normalized spacial score (nSPS) is 16.8. The van der Waals surface area contributed by atoms with Crippen LogP contribution in [-0.4, -0.2) is 16.4 Å². The van der Waals surface area contributed by atoms with Gasteiger partial charge in [0.25, 0.3) is 5.91 Å². The van der Waals surface area contributed by atoms with Gasteiger partial charge in [0.05, 0.1) is 5.56 Å². The predicted octanol–water partition coefficient (Wildman–Crippen LogP) is 1.57. The maximum atomic E-state index is 13.9. The standard InChI is InChI=1S/C12H17FN4O/c1-2-12(5-3-6-12)16-11(18)8-4-7-15-10(17-14)9(8)13/h4,7H,2-3,5-6,14H2,1H3,(H,15,17)(H,16,18). The van der Waals surface area contributed by atoms with Crippen molar-refractivity contribution in [3.63, 3.8) is 0 Å². The maximum Gasteiger partial charge on any atom is 0.254 e. The quantitative estimate of drug-likeness (QED) is 0.561.